The Morgan fingerprint density at radius 2 is 1.67 bits per heavy atom. The second-order valence-corrected chi connectivity index (χ2v) is 6.85. The molecule has 0 heterocycles. The van der Waals surface area contributed by atoms with Gasteiger partial charge in [0.2, 0.25) is 0 Å². The summed E-state index contributed by atoms with van der Waals surface area (Å²) in [7, 11) is 6.32. The Hall–Kier alpha value is -0.650. The van der Waals surface area contributed by atoms with E-state index in [1.54, 1.807) is 6.92 Å². The lowest BCUT2D eigenvalue weighted by atomic mass is 9.94. The third-order valence-electron chi connectivity index (χ3n) is 3.69. The molecule has 0 amide bonds. The number of nitrogens with one attached hydrogen (secondary N) is 1. The molecule has 0 saturated carbocycles. The molecule has 5 nitrogen and oxygen atoms in total. The number of carbonyl (C=O) groups is 1. The van der Waals surface area contributed by atoms with Gasteiger partial charge in [-0.1, -0.05) is 0 Å². The van der Waals surface area contributed by atoms with Crippen LogP contribution in [0.5, 0.6) is 0 Å². The first-order chi connectivity index (χ1) is 9.67. The Balaban J connectivity index is 3.92. The molecule has 0 rings (SSSR count). The standard InChI is InChI=1S/C16H35N3O2/c1-14(2)17-16(3,15(20)21)10-7-8-12-19(6)13-9-11-18(4)5/h14,17H,7-13H2,1-6H3,(H,20,21). The van der Waals surface area contributed by atoms with Crippen LogP contribution in [0.2, 0.25) is 0 Å². The number of hydrogen-bond acceptors (Lipinski definition) is 4. The third kappa shape index (κ3) is 9.82. The van der Waals surface area contributed by atoms with Crippen molar-refractivity contribution in [1.82, 2.24) is 15.1 Å². The zero-order valence-corrected chi connectivity index (χ0v) is 14.8. The lowest BCUT2D eigenvalue weighted by molar-refractivity contribution is -0.144. The molecule has 1 unspecified atom stereocenters. The first-order valence-corrected chi connectivity index (χ1v) is 8.01. The van der Waals surface area contributed by atoms with Crippen molar-refractivity contribution in [3.05, 3.63) is 0 Å². The molecule has 0 aliphatic heterocycles. The zero-order chi connectivity index (χ0) is 16.5. The molecule has 0 aromatic carbocycles. The van der Waals surface area contributed by atoms with E-state index in [2.05, 4.69) is 36.3 Å². The van der Waals surface area contributed by atoms with Gasteiger partial charge in [0.25, 0.3) is 0 Å². The fourth-order valence-electron chi connectivity index (χ4n) is 2.51. The van der Waals surface area contributed by atoms with Crippen molar-refractivity contribution in [2.45, 2.75) is 58.0 Å². The molecule has 0 aromatic heterocycles. The van der Waals surface area contributed by atoms with E-state index < -0.39 is 11.5 Å². The van der Waals surface area contributed by atoms with Gasteiger partial charge in [-0.3, -0.25) is 10.1 Å². The highest BCUT2D eigenvalue weighted by Gasteiger charge is 2.32. The van der Waals surface area contributed by atoms with Gasteiger partial charge in [-0.15, -0.1) is 0 Å². The van der Waals surface area contributed by atoms with E-state index in [0.717, 1.165) is 32.5 Å². The summed E-state index contributed by atoms with van der Waals surface area (Å²) in [5, 5.41) is 12.6. The summed E-state index contributed by atoms with van der Waals surface area (Å²) in [6, 6.07) is 0.180. The van der Waals surface area contributed by atoms with E-state index in [-0.39, 0.29) is 6.04 Å². The van der Waals surface area contributed by atoms with Crippen LogP contribution in [0.25, 0.3) is 0 Å². The summed E-state index contributed by atoms with van der Waals surface area (Å²) in [6.45, 7) is 9.00. The maximum Gasteiger partial charge on any atom is 0.323 e. The van der Waals surface area contributed by atoms with Crippen LogP contribution in [0.4, 0.5) is 0 Å². The Kier molecular flexibility index (Phi) is 9.83. The van der Waals surface area contributed by atoms with Crippen LogP contribution in [0.15, 0.2) is 0 Å². The molecule has 2 N–H and O–H groups in total. The van der Waals surface area contributed by atoms with Crippen LogP contribution in [-0.4, -0.2) is 73.2 Å². The molecule has 0 bridgehead atoms. The molecule has 5 heteroatoms. The zero-order valence-electron chi connectivity index (χ0n) is 14.8. The summed E-state index contributed by atoms with van der Waals surface area (Å²) in [5.41, 5.74) is -0.808. The lowest BCUT2D eigenvalue weighted by Gasteiger charge is -2.29. The van der Waals surface area contributed by atoms with Gasteiger partial charge in [-0.25, -0.2) is 0 Å². The molecule has 21 heavy (non-hydrogen) atoms. The summed E-state index contributed by atoms with van der Waals surface area (Å²) in [5.74, 6) is -0.754. The van der Waals surface area contributed by atoms with Crippen LogP contribution in [0.1, 0.15) is 46.5 Å². The average molecular weight is 301 g/mol. The van der Waals surface area contributed by atoms with Gasteiger partial charge in [0.1, 0.15) is 5.54 Å². The van der Waals surface area contributed by atoms with Gasteiger partial charge in [-0.05, 0) is 87.2 Å². The molecule has 0 aliphatic rings. The fourth-order valence-corrected chi connectivity index (χ4v) is 2.51. The fraction of sp³-hybridized carbons (Fsp3) is 0.938. The van der Waals surface area contributed by atoms with Crippen molar-refractivity contribution in [2.75, 3.05) is 40.8 Å². The molecular formula is C16H35N3O2. The third-order valence-corrected chi connectivity index (χ3v) is 3.69. The second kappa shape index (κ2) is 10.1. The highest BCUT2D eigenvalue weighted by molar-refractivity contribution is 5.78. The quantitative estimate of drug-likeness (QED) is 0.539. The van der Waals surface area contributed by atoms with E-state index in [1.807, 2.05) is 13.8 Å². The van der Waals surface area contributed by atoms with Crippen molar-refractivity contribution in [1.29, 1.82) is 0 Å². The summed E-state index contributed by atoms with van der Waals surface area (Å²) in [4.78, 5) is 15.9. The van der Waals surface area contributed by atoms with Gasteiger partial charge in [-0.2, -0.15) is 0 Å². The van der Waals surface area contributed by atoms with Crippen LogP contribution in [0.3, 0.4) is 0 Å². The minimum atomic E-state index is -0.808. The number of carboxylic acid groups (broad SMARTS) is 1. The minimum absolute atomic E-state index is 0.180. The number of rotatable bonds is 12. The van der Waals surface area contributed by atoms with Crippen molar-refractivity contribution < 1.29 is 9.90 Å². The van der Waals surface area contributed by atoms with E-state index in [4.69, 9.17) is 0 Å². The molecule has 0 aliphatic carbocycles. The van der Waals surface area contributed by atoms with Crippen molar-refractivity contribution in [3.8, 4) is 0 Å². The number of nitrogens with zero attached hydrogens (tertiary/aromatic N) is 2. The molecular weight excluding hydrogens is 266 g/mol. The Morgan fingerprint density at radius 1 is 1.10 bits per heavy atom. The highest BCUT2D eigenvalue weighted by atomic mass is 16.4. The molecule has 0 saturated heterocycles. The molecule has 0 fully saturated rings. The topological polar surface area (TPSA) is 55.8 Å². The SMILES string of the molecule is CC(C)NC(C)(CCCCN(C)CCCN(C)C)C(=O)O. The molecule has 1 atom stereocenters. The van der Waals surface area contributed by atoms with E-state index in [1.165, 1.54) is 6.42 Å². The largest absolute Gasteiger partial charge is 0.480 e. The van der Waals surface area contributed by atoms with Crippen molar-refractivity contribution in [3.63, 3.8) is 0 Å². The summed E-state index contributed by atoms with van der Waals surface area (Å²) in [6.07, 6.45) is 3.82. The number of unbranched alkanes of at least 4 members (excludes halogenated alkanes) is 1. The lowest BCUT2D eigenvalue weighted by Crippen LogP contribution is -2.52. The van der Waals surface area contributed by atoms with Gasteiger partial charge >= 0.3 is 5.97 Å². The van der Waals surface area contributed by atoms with Crippen LogP contribution >= 0.6 is 0 Å². The molecule has 0 radical (unpaired) electrons. The second-order valence-electron chi connectivity index (χ2n) is 6.85. The first-order valence-electron chi connectivity index (χ1n) is 8.01. The van der Waals surface area contributed by atoms with Crippen LogP contribution < -0.4 is 5.32 Å². The summed E-state index contributed by atoms with van der Waals surface area (Å²) >= 11 is 0. The van der Waals surface area contributed by atoms with Gasteiger partial charge in [0.05, 0.1) is 0 Å². The Bertz CT molecular complexity index is 295. The molecule has 126 valence electrons. The van der Waals surface area contributed by atoms with E-state index in [9.17, 15) is 9.90 Å². The normalized spacial score (nSPS) is 14.9. The average Bonchev–Trinajstić information content (AvgIpc) is 2.33. The number of carboxylic acids is 1. The van der Waals surface area contributed by atoms with Crippen molar-refractivity contribution >= 4 is 5.97 Å². The van der Waals surface area contributed by atoms with Crippen molar-refractivity contribution in [2.24, 2.45) is 0 Å². The number of aliphatic carboxylic acids is 1. The van der Waals surface area contributed by atoms with Gasteiger partial charge in [0.15, 0.2) is 0 Å². The predicted octanol–water partition coefficient (Wildman–Crippen LogP) is 1.88. The monoisotopic (exact) mass is 301 g/mol. The highest BCUT2D eigenvalue weighted by Crippen LogP contribution is 2.15. The molecule has 0 spiro atoms. The first kappa shape index (κ1) is 20.3. The Labute approximate surface area is 130 Å². The van der Waals surface area contributed by atoms with E-state index >= 15 is 0 Å². The smallest absolute Gasteiger partial charge is 0.323 e. The molecule has 0 aromatic rings. The summed E-state index contributed by atoms with van der Waals surface area (Å²) < 4.78 is 0. The van der Waals surface area contributed by atoms with Gasteiger partial charge in [0, 0.05) is 6.04 Å². The van der Waals surface area contributed by atoms with Gasteiger partial charge < -0.3 is 14.9 Å². The van der Waals surface area contributed by atoms with Crippen LogP contribution in [-0.2, 0) is 4.79 Å². The predicted molar refractivity (Wildman–Crippen MR) is 88.8 cm³/mol. The minimum Gasteiger partial charge on any atom is -0.480 e. The number of hydrogen-bond donors (Lipinski definition) is 2. The van der Waals surface area contributed by atoms with Crippen LogP contribution in [0, 0.1) is 0 Å². The maximum atomic E-state index is 11.4. The Morgan fingerprint density at radius 3 is 2.14 bits per heavy atom. The van der Waals surface area contributed by atoms with E-state index in [0.29, 0.717) is 6.42 Å². The maximum absolute atomic E-state index is 11.4.